The van der Waals surface area contributed by atoms with Crippen molar-refractivity contribution in [3.63, 3.8) is 0 Å². The van der Waals surface area contributed by atoms with Crippen molar-refractivity contribution < 1.29 is 14.0 Å². The molecular formula is C24H25FN2O2. The summed E-state index contributed by atoms with van der Waals surface area (Å²) in [6.07, 6.45) is 2.74. The fraction of sp³-hybridized carbons (Fsp3) is 0.333. The zero-order valence-electron chi connectivity index (χ0n) is 16.6. The van der Waals surface area contributed by atoms with E-state index in [0.717, 1.165) is 42.4 Å². The summed E-state index contributed by atoms with van der Waals surface area (Å²) in [7, 11) is 0. The first-order valence-electron chi connectivity index (χ1n) is 10.2. The number of nitrogens with zero attached hydrogens (tertiary/aromatic N) is 1. The van der Waals surface area contributed by atoms with Gasteiger partial charge in [-0.1, -0.05) is 25.1 Å². The van der Waals surface area contributed by atoms with E-state index in [0.29, 0.717) is 18.0 Å². The van der Waals surface area contributed by atoms with E-state index in [1.807, 2.05) is 24.0 Å². The van der Waals surface area contributed by atoms with Crippen molar-refractivity contribution in [3.8, 4) is 0 Å². The molecule has 2 heterocycles. The predicted molar refractivity (Wildman–Crippen MR) is 112 cm³/mol. The molecule has 2 aromatic carbocycles. The number of piperidine rings is 1. The average Bonchev–Trinajstić information content (AvgIpc) is 3.18. The molecule has 1 aliphatic rings. The van der Waals surface area contributed by atoms with E-state index in [4.69, 9.17) is 0 Å². The minimum absolute atomic E-state index is 0.0132. The molecule has 0 saturated carbocycles. The van der Waals surface area contributed by atoms with Crippen molar-refractivity contribution in [2.24, 2.45) is 0 Å². The van der Waals surface area contributed by atoms with Crippen LogP contribution < -0.4 is 0 Å². The molecule has 0 radical (unpaired) electrons. The van der Waals surface area contributed by atoms with Gasteiger partial charge in [0.25, 0.3) is 0 Å². The van der Waals surface area contributed by atoms with Gasteiger partial charge >= 0.3 is 0 Å². The molecule has 29 heavy (non-hydrogen) atoms. The van der Waals surface area contributed by atoms with Gasteiger partial charge < -0.3 is 9.88 Å². The van der Waals surface area contributed by atoms with E-state index in [2.05, 4.69) is 17.1 Å². The van der Waals surface area contributed by atoms with Crippen LogP contribution in [0.5, 0.6) is 0 Å². The molecule has 0 aliphatic carbocycles. The number of benzene rings is 2. The predicted octanol–water partition coefficient (Wildman–Crippen LogP) is 4.85. The Labute approximate surface area is 169 Å². The third-order valence-corrected chi connectivity index (χ3v) is 5.84. The summed E-state index contributed by atoms with van der Waals surface area (Å²) >= 11 is 0. The monoisotopic (exact) mass is 392 g/mol. The Kier molecular flexibility index (Phi) is 5.47. The van der Waals surface area contributed by atoms with E-state index in [1.54, 1.807) is 12.1 Å². The molecule has 4 nitrogen and oxygen atoms in total. The van der Waals surface area contributed by atoms with Gasteiger partial charge in [-0.25, -0.2) is 4.39 Å². The maximum atomic E-state index is 13.0. The second-order valence-electron chi connectivity index (χ2n) is 7.76. The highest BCUT2D eigenvalue weighted by atomic mass is 19.1. The summed E-state index contributed by atoms with van der Waals surface area (Å²) in [6.45, 7) is 3.52. The van der Waals surface area contributed by atoms with Crippen molar-refractivity contribution in [2.75, 3.05) is 13.1 Å². The number of fused-ring (bicyclic) bond motifs is 1. The molecule has 1 fully saturated rings. The van der Waals surface area contributed by atoms with Crippen LogP contribution in [-0.4, -0.2) is 34.7 Å². The van der Waals surface area contributed by atoms with Crippen molar-refractivity contribution >= 4 is 22.6 Å². The number of amides is 1. The normalized spacial score (nSPS) is 15.0. The fourth-order valence-corrected chi connectivity index (χ4v) is 4.12. The fourth-order valence-electron chi connectivity index (χ4n) is 4.12. The molecule has 0 bridgehead atoms. The highest BCUT2D eigenvalue weighted by Gasteiger charge is 2.23. The lowest BCUT2D eigenvalue weighted by Gasteiger charge is -2.32. The Morgan fingerprint density at radius 1 is 1.07 bits per heavy atom. The van der Waals surface area contributed by atoms with Gasteiger partial charge in [0, 0.05) is 36.8 Å². The number of H-pyrrole nitrogens is 1. The number of aromatic nitrogens is 1. The van der Waals surface area contributed by atoms with Crippen molar-refractivity contribution in [1.82, 2.24) is 9.88 Å². The molecule has 0 unspecified atom stereocenters. The Morgan fingerprint density at radius 3 is 2.48 bits per heavy atom. The first-order chi connectivity index (χ1) is 14.0. The Bertz CT molecular complexity index is 1030. The molecule has 4 rings (SSSR count). The zero-order chi connectivity index (χ0) is 20.4. The van der Waals surface area contributed by atoms with Gasteiger partial charge in [0.1, 0.15) is 5.82 Å². The minimum Gasteiger partial charge on any atom is -0.352 e. The van der Waals surface area contributed by atoms with E-state index in [9.17, 15) is 14.0 Å². The SMILES string of the molecule is CCC(=O)N1CCC(c2ccc3[nH]c(C(=O)Cc4ccc(F)cc4)cc3c2)CC1. The van der Waals surface area contributed by atoms with Gasteiger partial charge in [0.05, 0.1) is 5.69 Å². The Balaban J connectivity index is 1.47. The minimum atomic E-state index is -0.302. The molecule has 0 atom stereocenters. The maximum absolute atomic E-state index is 13.0. The number of hydrogen-bond acceptors (Lipinski definition) is 2. The topological polar surface area (TPSA) is 53.2 Å². The van der Waals surface area contributed by atoms with E-state index >= 15 is 0 Å². The van der Waals surface area contributed by atoms with Gasteiger partial charge in [-0.2, -0.15) is 0 Å². The summed E-state index contributed by atoms with van der Waals surface area (Å²) in [6, 6.07) is 14.2. The second kappa shape index (κ2) is 8.19. The summed E-state index contributed by atoms with van der Waals surface area (Å²) in [4.78, 5) is 29.7. The van der Waals surface area contributed by atoms with E-state index < -0.39 is 0 Å². The number of Topliss-reactive ketones (excluding diaryl/α,β-unsaturated/α-hetero) is 1. The van der Waals surface area contributed by atoms with Crippen LogP contribution in [0, 0.1) is 5.82 Å². The Morgan fingerprint density at radius 2 is 1.79 bits per heavy atom. The number of halogens is 1. The van der Waals surface area contributed by atoms with Crippen LogP contribution in [0.15, 0.2) is 48.5 Å². The zero-order valence-corrected chi connectivity index (χ0v) is 16.6. The molecule has 1 saturated heterocycles. The number of carbonyl (C=O) groups excluding carboxylic acids is 2. The molecule has 1 aliphatic heterocycles. The average molecular weight is 392 g/mol. The number of hydrogen-bond donors (Lipinski definition) is 1. The molecular weight excluding hydrogens is 367 g/mol. The quantitative estimate of drug-likeness (QED) is 0.631. The number of likely N-dealkylation sites (tertiary alicyclic amines) is 1. The number of carbonyl (C=O) groups is 2. The van der Waals surface area contributed by atoms with Crippen molar-refractivity contribution in [1.29, 1.82) is 0 Å². The maximum Gasteiger partial charge on any atom is 0.222 e. The summed E-state index contributed by atoms with van der Waals surface area (Å²) in [5, 5.41) is 1.03. The van der Waals surface area contributed by atoms with Crippen LogP contribution in [0.4, 0.5) is 4.39 Å². The van der Waals surface area contributed by atoms with Crippen LogP contribution in [0.1, 0.15) is 53.7 Å². The number of nitrogens with one attached hydrogen (secondary N) is 1. The van der Waals surface area contributed by atoms with Crippen LogP contribution in [0.3, 0.4) is 0 Å². The third-order valence-electron chi connectivity index (χ3n) is 5.84. The number of ketones is 1. The molecule has 0 spiro atoms. The van der Waals surface area contributed by atoms with E-state index in [-0.39, 0.29) is 23.9 Å². The lowest BCUT2D eigenvalue weighted by Crippen LogP contribution is -2.37. The van der Waals surface area contributed by atoms with Crippen LogP contribution in [-0.2, 0) is 11.2 Å². The Hall–Kier alpha value is -2.95. The molecule has 5 heteroatoms. The van der Waals surface area contributed by atoms with E-state index in [1.165, 1.54) is 17.7 Å². The third kappa shape index (κ3) is 4.24. The van der Waals surface area contributed by atoms with Gasteiger partial charge in [-0.3, -0.25) is 9.59 Å². The summed E-state index contributed by atoms with van der Waals surface area (Å²) < 4.78 is 13.0. The van der Waals surface area contributed by atoms with Gasteiger partial charge in [-0.15, -0.1) is 0 Å². The van der Waals surface area contributed by atoms with Gasteiger partial charge in [-0.05, 0) is 60.2 Å². The second-order valence-corrected chi connectivity index (χ2v) is 7.76. The first-order valence-corrected chi connectivity index (χ1v) is 10.2. The van der Waals surface area contributed by atoms with Crippen LogP contribution in [0.25, 0.3) is 10.9 Å². The van der Waals surface area contributed by atoms with Gasteiger partial charge in [0.2, 0.25) is 5.91 Å². The summed E-state index contributed by atoms with van der Waals surface area (Å²) in [5.41, 5.74) is 3.57. The standard InChI is InChI=1S/C24H25FN2O2/c1-2-24(29)27-11-9-17(10-12-27)18-5-8-21-19(14-18)15-22(26-21)23(28)13-16-3-6-20(25)7-4-16/h3-8,14-15,17,26H,2,9-13H2,1H3. The smallest absolute Gasteiger partial charge is 0.222 e. The largest absolute Gasteiger partial charge is 0.352 e. The van der Waals surface area contributed by atoms with Gasteiger partial charge in [0.15, 0.2) is 5.78 Å². The molecule has 3 aromatic rings. The van der Waals surface area contributed by atoms with Crippen molar-refractivity contribution in [2.45, 2.75) is 38.5 Å². The molecule has 150 valence electrons. The molecule has 1 amide bonds. The van der Waals surface area contributed by atoms with Crippen molar-refractivity contribution in [3.05, 3.63) is 71.2 Å². The summed E-state index contributed by atoms with van der Waals surface area (Å²) in [5.74, 6) is 0.354. The molecule has 1 N–H and O–H groups in total. The number of rotatable bonds is 5. The molecule has 1 aromatic heterocycles. The number of aromatic amines is 1. The van der Waals surface area contributed by atoms with Crippen LogP contribution in [0.2, 0.25) is 0 Å². The highest BCUT2D eigenvalue weighted by Crippen LogP contribution is 2.30. The lowest BCUT2D eigenvalue weighted by atomic mass is 9.89. The lowest BCUT2D eigenvalue weighted by molar-refractivity contribution is -0.131. The highest BCUT2D eigenvalue weighted by molar-refractivity contribution is 6.00. The first kappa shape index (κ1) is 19.4. The van der Waals surface area contributed by atoms with Crippen LogP contribution >= 0.6 is 0 Å².